The minimum Gasteiger partial charge on any atom is -0.492 e. The van der Waals surface area contributed by atoms with Crippen LogP contribution in [0.3, 0.4) is 0 Å². The van der Waals surface area contributed by atoms with Gasteiger partial charge in [-0.2, -0.15) is 0 Å². The molecule has 1 rings (SSSR count). The van der Waals surface area contributed by atoms with Crippen LogP contribution in [0.2, 0.25) is 0 Å². The fourth-order valence-corrected chi connectivity index (χ4v) is 2.42. The van der Waals surface area contributed by atoms with E-state index in [-0.39, 0.29) is 5.69 Å². The van der Waals surface area contributed by atoms with Crippen molar-refractivity contribution in [3.05, 3.63) is 34.4 Å². The zero-order valence-corrected chi connectivity index (χ0v) is 13.3. The molecule has 5 heteroatoms. The number of non-ortho nitro benzene ring substituents is 1. The number of benzene rings is 1. The van der Waals surface area contributed by atoms with Crippen LogP contribution in [-0.4, -0.2) is 24.6 Å². The average molecular weight is 294 g/mol. The van der Waals surface area contributed by atoms with Gasteiger partial charge >= 0.3 is 0 Å². The Hall–Kier alpha value is -1.62. The Bertz CT molecular complexity index is 422. The van der Waals surface area contributed by atoms with Crippen LogP contribution in [0.1, 0.15) is 27.7 Å². The van der Waals surface area contributed by atoms with Crippen molar-refractivity contribution in [1.82, 2.24) is 5.32 Å². The second-order valence-electron chi connectivity index (χ2n) is 5.96. The molecule has 1 aromatic carbocycles. The van der Waals surface area contributed by atoms with Crippen molar-refractivity contribution >= 4 is 5.69 Å². The predicted molar refractivity (Wildman–Crippen MR) is 84.6 cm³/mol. The zero-order chi connectivity index (χ0) is 15.8. The fourth-order valence-electron chi connectivity index (χ4n) is 2.42. The lowest BCUT2D eigenvalue weighted by molar-refractivity contribution is -0.384. The van der Waals surface area contributed by atoms with E-state index in [0.717, 1.165) is 13.1 Å². The molecule has 0 bridgehead atoms. The summed E-state index contributed by atoms with van der Waals surface area (Å²) in [5.74, 6) is 2.64. The van der Waals surface area contributed by atoms with E-state index in [0.29, 0.717) is 30.1 Å². The lowest BCUT2D eigenvalue weighted by Crippen LogP contribution is -2.32. The number of nitro benzene ring substituents is 1. The summed E-state index contributed by atoms with van der Waals surface area (Å²) in [6.45, 7) is 11.3. The third-order valence-electron chi connectivity index (χ3n) is 3.69. The van der Waals surface area contributed by atoms with E-state index in [1.807, 2.05) is 0 Å². The molecule has 1 N–H and O–H groups in total. The molecule has 0 saturated carbocycles. The second-order valence-corrected chi connectivity index (χ2v) is 5.96. The lowest BCUT2D eigenvalue weighted by Gasteiger charge is -2.25. The smallest absolute Gasteiger partial charge is 0.269 e. The van der Waals surface area contributed by atoms with Gasteiger partial charge in [-0.25, -0.2) is 0 Å². The monoisotopic (exact) mass is 294 g/mol. The van der Waals surface area contributed by atoms with E-state index in [9.17, 15) is 10.1 Å². The Balaban J connectivity index is 2.26. The van der Waals surface area contributed by atoms with Crippen LogP contribution in [-0.2, 0) is 0 Å². The number of nitro groups is 1. The third-order valence-corrected chi connectivity index (χ3v) is 3.69. The van der Waals surface area contributed by atoms with Gasteiger partial charge < -0.3 is 10.1 Å². The Morgan fingerprint density at radius 3 is 2.19 bits per heavy atom. The van der Waals surface area contributed by atoms with Crippen molar-refractivity contribution in [1.29, 1.82) is 0 Å². The minimum atomic E-state index is -0.413. The van der Waals surface area contributed by atoms with Crippen LogP contribution >= 0.6 is 0 Å². The number of hydrogen-bond acceptors (Lipinski definition) is 4. The highest BCUT2D eigenvalue weighted by molar-refractivity contribution is 5.35. The van der Waals surface area contributed by atoms with Crippen molar-refractivity contribution in [3.63, 3.8) is 0 Å². The highest BCUT2D eigenvalue weighted by atomic mass is 16.6. The topological polar surface area (TPSA) is 64.4 Å². The Labute approximate surface area is 126 Å². The standard InChI is InChI=1S/C16H26N2O3/c1-12(2)16(13(3)4)11-17-9-10-21-15-7-5-14(6-8-15)18(19)20/h5-8,12-13,16-17H,9-11H2,1-4H3. The van der Waals surface area contributed by atoms with Gasteiger partial charge in [0.1, 0.15) is 12.4 Å². The highest BCUT2D eigenvalue weighted by Gasteiger charge is 2.16. The van der Waals surface area contributed by atoms with Crippen molar-refractivity contribution in [2.75, 3.05) is 19.7 Å². The summed E-state index contributed by atoms with van der Waals surface area (Å²) in [4.78, 5) is 10.1. The van der Waals surface area contributed by atoms with Gasteiger partial charge in [0.15, 0.2) is 0 Å². The molecule has 1 aromatic rings. The van der Waals surface area contributed by atoms with Crippen LogP contribution < -0.4 is 10.1 Å². The molecule has 0 aliphatic carbocycles. The summed E-state index contributed by atoms with van der Waals surface area (Å²) in [5.41, 5.74) is 0.0807. The fraction of sp³-hybridized carbons (Fsp3) is 0.625. The summed E-state index contributed by atoms with van der Waals surface area (Å²) in [6, 6.07) is 6.17. The quantitative estimate of drug-likeness (QED) is 0.430. The van der Waals surface area contributed by atoms with E-state index in [2.05, 4.69) is 33.0 Å². The first-order valence-corrected chi connectivity index (χ1v) is 7.49. The van der Waals surface area contributed by atoms with E-state index in [1.165, 1.54) is 12.1 Å². The van der Waals surface area contributed by atoms with E-state index >= 15 is 0 Å². The van der Waals surface area contributed by atoms with Crippen molar-refractivity contribution in [2.24, 2.45) is 17.8 Å². The Morgan fingerprint density at radius 2 is 1.71 bits per heavy atom. The highest BCUT2D eigenvalue weighted by Crippen LogP contribution is 2.19. The summed E-state index contributed by atoms with van der Waals surface area (Å²) in [6.07, 6.45) is 0. The van der Waals surface area contributed by atoms with Crippen LogP contribution in [0, 0.1) is 27.9 Å². The molecule has 0 saturated heterocycles. The number of rotatable bonds is 9. The molecule has 0 amide bonds. The van der Waals surface area contributed by atoms with Gasteiger partial charge in [-0.05, 0) is 36.4 Å². The third kappa shape index (κ3) is 6.12. The van der Waals surface area contributed by atoms with Gasteiger partial charge in [0.25, 0.3) is 5.69 Å². The number of hydrogen-bond donors (Lipinski definition) is 1. The summed E-state index contributed by atoms with van der Waals surface area (Å²) >= 11 is 0. The van der Waals surface area contributed by atoms with Crippen molar-refractivity contribution in [2.45, 2.75) is 27.7 Å². The van der Waals surface area contributed by atoms with E-state index in [1.54, 1.807) is 12.1 Å². The number of ether oxygens (including phenoxy) is 1. The molecular weight excluding hydrogens is 268 g/mol. The zero-order valence-electron chi connectivity index (χ0n) is 13.3. The summed E-state index contributed by atoms with van der Waals surface area (Å²) in [7, 11) is 0. The maximum absolute atomic E-state index is 10.5. The first-order valence-electron chi connectivity index (χ1n) is 7.49. The molecule has 0 atom stereocenters. The largest absolute Gasteiger partial charge is 0.492 e. The predicted octanol–water partition coefficient (Wildman–Crippen LogP) is 3.49. The molecular formula is C16H26N2O3. The molecule has 0 spiro atoms. The molecule has 118 valence electrons. The summed E-state index contributed by atoms with van der Waals surface area (Å²) in [5, 5.41) is 14.0. The first kappa shape index (κ1) is 17.4. The van der Waals surface area contributed by atoms with Crippen molar-refractivity contribution in [3.8, 4) is 5.75 Å². The van der Waals surface area contributed by atoms with Crippen LogP contribution in [0.4, 0.5) is 5.69 Å². The van der Waals surface area contributed by atoms with Gasteiger partial charge in [0.2, 0.25) is 0 Å². The number of nitrogens with one attached hydrogen (secondary N) is 1. The maximum Gasteiger partial charge on any atom is 0.269 e. The Morgan fingerprint density at radius 1 is 1.14 bits per heavy atom. The molecule has 0 radical (unpaired) electrons. The molecule has 0 aliphatic heterocycles. The van der Waals surface area contributed by atoms with E-state index < -0.39 is 4.92 Å². The molecule has 5 nitrogen and oxygen atoms in total. The maximum atomic E-state index is 10.5. The van der Waals surface area contributed by atoms with Gasteiger partial charge in [-0.15, -0.1) is 0 Å². The van der Waals surface area contributed by atoms with Gasteiger partial charge in [-0.1, -0.05) is 27.7 Å². The molecule has 0 aromatic heterocycles. The van der Waals surface area contributed by atoms with E-state index in [4.69, 9.17) is 4.74 Å². The first-order chi connectivity index (χ1) is 9.91. The summed E-state index contributed by atoms with van der Waals surface area (Å²) < 4.78 is 5.56. The van der Waals surface area contributed by atoms with Gasteiger partial charge in [0, 0.05) is 18.7 Å². The van der Waals surface area contributed by atoms with Gasteiger partial charge in [0.05, 0.1) is 4.92 Å². The number of nitrogens with zero attached hydrogens (tertiary/aromatic N) is 1. The van der Waals surface area contributed by atoms with Crippen LogP contribution in [0.5, 0.6) is 5.75 Å². The average Bonchev–Trinajstić information content (AvgIpc) is 2.42. The molecule has 0 heterocycles. The molecule has 0 aliphatic rings. The molecule has 0 fully saturated rings. The van der Waals surface area contributed by atoms with Gasteiger partial charge in [-0.3, -0.25) is 10.1 Å². The van der Waals surface area contributed by atoms with Crippen LogP contribution in [0.25, 0.3) is 0 Å². The lowest BCUT2D eigenvalue weighted by atomic mass is 9.85. The SMILES string of the molecule is CC(C)C(CNCCOc1ccc([N+](=O)[O-])cc1)C(C)C. The normalized spacial score (nSPS) is 11.4. The minimum absolute atomic E-state index is 0.0807. The molecule has 21 heavy (non-hydrogen) atoms. The second kappa shape index (κ2) is 8.62. The van der Waals surface area contributed by atoms with Crippen molar-refractivity contribution < 1.29 is 9.66 Å². The Kier molecular flexibility index (Phi) is 7.15. The van der Waals surface area contributed by atoms with Crippen LogP contribution in [0.15, 0.2) is 24.3 Å². The molecule has 0 unspecified atom stereocenters.